The molecule has 8 heteroatoms. The first kappa shape index (κ1) is 19.1. The zero-order valence-corrected chi connectivity index (χ0v) is 15.3. The van der Waals surface area contributed by atoms with Gasteiger partial charge in [0.25, 0.3) is 10.0 Å². The van der Waals surface area contributed by atoms with Crippen molar-refractivity contribution >= 4 is 27.3 Å². The van der Waals surface area contributed by atoms with E-state index in [4.69, 9.17) is 21.1 Å². The van der Waals surface area contributed by atoms with Crippen LogP contribution in [0.25, 0.3) is 0 Å². The van der Waals surface area contributed by atoms with Crippen LogP contribution in [0, 0.1) is 5.82 Å². The molecule has 5 nitrogen and oxygen atoms in total. The molecular weight excluding hydrogens is 369 g/mol. The van der Waals surface area contributed by atoms with Crippen LogP contribution in [0.4, 0.5) is 10.1 Å². The van der Waals surface area contributed by atoms with Crippen LogP contribution in [0.1, 0.15) is 0 Å². The van der Waals surface area contributed by atoms with Crippen LogP contribution in [0.2, 0.25) is 5.02 Å². The van der Waals surface area contributed by atoms with E-state index in [2.05, 4.69) is 6.58 Å². The van der Waals surface area contributed by atoms with E-state index < -0.39 is 15.8 Å². The van der Waals surface area contributed by atoms with E-state index in [9.17, 15) is 12.8 Å². The highest BCUT2D eigenvalue weighted by atomic mass is 35.5. The van der Waals surface area contributed by atoms with Gasteiger partial charge in [0.1, 0.15) is 17.3 Å². The van der Waals surface area contributed by atoms with Crippen molar-refractivity contribution in [2.75, 3.05) is 25.1 Å². The second kappa shape index (κ2) is 7.76. The molecule has 0 atom stereocenters. The fourth-order valence-corrected chi connectivity index (χ4v) is 3.88. The molecule has 0 aliphatic heterocycles. The number of nitrogens with zero attached hydrogens (tertiary/aromatic N) is 1. The average Bonchev–Trinajstić information content (AvgIpc) is 2.60. The molecule has 0 bridgehead atoms. The minimum Gasteiger partial charge on any atom is -0.495 e. The van der Waals surface area contributed by atoms with Gasteiger partial charge in [0.2, 0.25) is 0 Å². The zero-order chi connectivity index (χ0) is 18.6. The molecule has 0 unspecified atom stereocenters. The third-order valence-corrected chi connectivity index (χ3v) is 5.51. The number of hydrogen-bond donors (Lipinski definition) is 0. The molecule has 0 saturated carbocycles. The molecule has 25 heavy (non-hydrogen) atoms. The Kier molecular flexibility index (Phi) is 5.92. The molecule has 0 radical (unpaired) electrons. The second-order valence-corrected chi connectivity index (χ2v) is 7.21. The molecule has 2 rings (SSSR count). The van der Waals surface area contributed by atoms with E-state index in [-0.39, 0.29) is 27.9 Å². The summed E-state index contributed by atoms with van der Waals surface area (Å²) in [4.78, 5) is -0.0632. The van der Waals surface area contributed by atoms with Crippen molar-refractivity contribution in [3.63, 3.8) is 0 Å². The summed E-state index contributed by atoms with van der Waals surface area (Å²) in [5, 5.41) is 0.279. The number of benzene rings is 2. The molecule has 0 saturated heterocycles. The Morgan fingerprint density at radius 1 is 1.16 bits per heavy atom. The quantitative estimate of drug-likeness (QED) is 0.679. The van der Waals surface area contributed by atoms with Crippen molar-refractivity contribution in [1.29, 1.82) is 0 Å². The third-order valence-electron chi connectivity index (χ3n) is 3.42. The number of hydrogen-bond acceptors (Lipinski definition) is 4. The molecule has 2 aromatic rings. The summed E-state index contributed by atoms with van der Waals surface area (Å²) < 4.78 is 50.7. The van der Waals surface area contributed by atoms with Gasteiger partial charge < -0.3 is 9.47 Å². The van der Waals surface area contributed by atoms with Gasteiger partial charge in [-0.3, -0.25) is 4.31 Å². The van der Waals surface area contributed by atoms with Gasteiger partial charge >= 0.3 is 0 Å². The van der Waals surface area contributed by atoms with E-state index in [1.807, 2.05) is 0 Å². The maximum absolute atomic E-state index is 13.1. The summed E-state index contributed by atoms with van der Waals surface area (Å²) in [5.41, 5.74) is 0.230. The Labute approximate surface area is 151 Å². The molecule has 2 aromatic carbocycles. The predicted octanol–water partition coefficient (Wildman–Crippen LogP) is 3.88. The first-order chi connectivity index (χ1) is 11.8. The first-order valence-electron chi connectivity index (χ1n) is 7.16. The average molecular weight is 386 g/mol. The molecule has 0 aromatic heterocycles. The van der Waals surface area contributed by atoms with E-state index >= 15 is 0 Å². The summed E-state index contributed by atoms with van der Waals surface area (Å²) in [6.07, 6.45) is 1.43. The van der Waals surface area contributed by atoms with Gasteiger partial charge in [0.15, 0.2) is 0 Å². The predicted molar refractivity (Wildman–Crippen MR) is 95.7 cm³/mol. The summed E-state index contributed by atoms with van der Waals surface area (Å²) in [6.45, 7) is 3.57. The lowest BCUT2D eigenvalue weighted by molar-refractivity contribution is 0.404. The van der Waals surface area contributed by atoms with E-state index in [0.717, 1.165) is 16.4 Å². The lowest BCUT2D eigenvalue weighted by Gasteiger charge is -2.25. The second-order valence-electron chi connectivity index (χ2n) is 4.94. The molecule has 0 aliphatic rings. The van der Waals surface area contributed by atoms with Gasteiger partial charge in [-0.2, -0.15) is 0 Å². The Morgan fingerprint density at radius 3 is 2.28 bits per heavy atom. The van der Waals surface area contributed by atoms with Crippen LogP contribution in [-0.2, 0) is 10.0 Å². The highest BCUT2D eigenvalue weighted by molar-refractivity contribution is 7.92. The maximum atomic E-state index is 13.1. The number of anilines is 1. The normalized spacial score (nSPS) is 11.0. The van der Waals surface area contributed by atoms with Crippen LogP contribution >= 0.6 is 11.6 Å². The number of methoxy groups -OCH3 is 2. The minimum absolute atomic E-state index is 0.0269. The minimum atomic E-state index is -3.99. The third kappa shape index (κ3) is 3.88. The van der Waals surface area contributed by atoms with Gasteiger partial charge in [-0.25, -0.2) is 12.8 Å². The molecule has 0 amide bonds. The van der Waals surface area contributed by atoms with E-state index in [1.54, 1.807) is 0 Å². The molecular formula is C17H17ClFNO4S. The Bertz CT molecular complexity index is 869. The zero-order valence-electron chi connectivity index (χ0n) is 13.7. The largest absolute Gasteiger partial charge is 0.495 e. The summed E-state index contributed by atoms with van der Waals surface area (Å²) in [5.74, 6) is 0.0131. The van der Waals surface area contributed by atoms with Crippen molar-refractivity contribution in [2.45, 2.75) is 4.90 Å². The summed E-state index contributed by atoms with van der Waals surface area (Å²) in [7, 11) is -1.17. The lowest BCUT2D eigenvalue weighted by atomic mass is 10.2. The highest BCUT2D eigenvalue weighted by Crippen LogP contribution is 2.40. The van der Waals surface area contributed by atoms with Crippen molar-refractivity contribution in [2.24, 2.45) is 0 Å². The van der Waals surface area contributed by atoms with E-state index in [1.165, 1.54) is 44.6 Å². The molecule has 0 fully saturated rings. The summed E-state index contributed by atoms with van der Waals surface area (Å²) in [6, 6.07) is 7.48. The van der Waals surface area contributed by atoms with Gasteiger partial charge in [0, 0.05) is 12.1 Å². The first-order valence-corrected chi connectivity index (χ1v) is 8.97. The van der Waals surface area contributed by atoms with Crippen molar-refractivity contribution in [3.05, 3.63) is 59.9 Å². The fourth-order valence-electron chi connectivity index (χ4n) is 2.22. The number of rotatable bonds is 7. The highest BCUT2D eigenvalue weighted by Gasteiger charge is 2.27. The smallest absolute Gasteiger partial charge is 0.264 e. The van der Waals surface area contributed by atoms with Gasteiger partial charge in [-0.05, 0) is 24.3 Å². The Balaban J connectivity index is 2.65. The maximum Gasteiger partial charge on any atom is 0.264 e. The topological polar surface area (TPSA) is 55.8 Å². The Morgan fingerprint density at radius 2 is 1.76 bits per heavy atom. The van der Waals surface area contributed by atoms with E-state index in [0.29, 0.717) is 5.75 Å². The van der Waals surface area contributed by atoms with Gasteiger partial charge in [0.05, 0.1) is 36.4 Å². The standard InChI is InChI=1S/C17H17ClFNO4S/c1-4-9-20(25(21,22)13-7-5-12(19)6-8-13)15-11-16(23-2)14(18)10-17(15)24-3/h4-8,10-11H,1,9H2,2-3H3. The number of ether oxygens (including phenoxy) is 2. The summed E-state index contributed by atoms with van der Waals surface area (Å²) >= 11 is 6.08. The molecule has 134 valence electrons. The van der Waals surface area contributed by atoms with Crippen LogP contribution < -0.4 is 13.8 Å². The van der Waals surface area contributed by atoms with Gasteiger partial charge in [-0.15, -0.1) is 6.58 Å². The van der Waals surface area contributed by atoms with Crippen molar-refractivity contribution in [1.82, 2.24) is 0 Å². The van der Waals surface area contributed by atoms with Crippen LogP contribution in [-0.4, -0.2) is 29.2 Å². The van der Waals surface area contributed by atoms with Gasteiger partial charge in [-0.1, -0.05) is 17.7 Å². The lowest BCUT2D eigenvalue weighted by Crippen LogP contribution is -2.31. The monoisotopic (exact) mass is 385 g/mol. The SMILES string of the molecule is C=CCN(c1cc(OC)c(Cl)cc1OC)S(=O)(=O)c1ccc(F)cc1. The molecule has 0 N–H and O–H groups in total. The number of halogens is 2. The molecule has 0 heterocycles. The van der Waals surface area contributed by atoms with Crippen molar-refractivity contribution in [3.8, 4) is 11.5 Å². The van der Waals surface area contributed by atoms with Crippen molar-refractivity contribution < 1.29 is 22.3 Å². The molecule has 0 aliphatic carbocycles. The van der Waals surface area contributed by atoms with Crippen LogP contribution in [0.5, 0.6) is 11.5 Å². The van der Waals surface area contributed by atoms with Crippen LogP contribution in [0.15, 0.2) is 53.9 Å². The fraction of sp³-hybridized carbons (Fsp3) is 0.176. The molecule has 0 spiro atoms. The Hall–Kier alpha value is -2.25. The van der Waals surface area contributed by atoms with Crippen LogP contribution in [0.3, 0.4) is 0 Å². The number of sulfonamides is 1.